The number of esters is 1. The Balaban J connectivity index is -0.000000763. The Hall–Kier alpha value is -0.980. The van der Waals surface area contributed by atoms with Gasteiger partial charge in [-0.05, 0) is 47.2 Å². The van der Waals surface area contributed by atoms with E-state index in [1.165, 1.54) is 70.6 Å². The van der Waals surface area contributed by atoms with E-state index in [1.807, 2.05) is 41.7 Å². The SMILES string of the molecule is CC.CC(C)(C)OC(=O)CCCCCCCCCCCCCCCCC=O.CNCC(C)(C)COCC(C)(C)CN. The average Bonchev–Trinajstić information content (AvgIpc) is 2.88. The number of rotatable bonds is 24. The van der Waals surface area contributed by atoms with Gasteiger partial charge < -0.3 is 25.3 Å². The Labute approximate surface area is 257 Å². The van der Waals surface area contributed by atoms with Crippen LogP contribution >= 0.6 is 0 Å². The highest BCUT2D eigenvalue weighted by atomic mass is 16.6. The highest BCUT2D eigenvalue weighted by molar-refractivity contribution is 5.69. The topological polar surface area (TPSA) is 90.7 Å². The molecule has 0 unspecified atom stereocenters. The number of nitrogens with one attached hydrogen (secondary N) is 1. The first kappa shape index (κ1) is 44.5. The van der Waals surface area contributed by atoms with Gasteiger partial charge in [-0.1, -0.05) is 119 Å². The number of carbonyl (C=O) groups excluding carboxylic acids is 2. The standard InChI is InChI=1S/C22H42O3.C11H26N2O.C2H6/c1-22(2,3)25-21(24)19-17-15-13-11-9-7-5-4-6-8-10-12-14-16-18-20-23;1-10(2,6-12)8-14-9-11(3,4)7-13-5;1-2/h20H,4-19H2,1-3H3;13H,6-9,12H2,1-5H3;1-2H3. The third-order valence-corrected chi connectivity index (χ3v) is 6.57. The van der Waals surface area contributed by atoms with Crippen molar-refractivity contribution in [2.75, 3.05) is 33.4 Å². The van der Waals surface area contributed by atoms with E-state index in [-0.39, 0.29) is 22.4 Å². The lowest BCUT2D eigenvalue weighted by atomic mass is 9.93. The highest BCUT2D eigenvalue weighted by Gasteiger charge is 2.21. The molecule has 0 rings (SSSR count). The van der Waals surface area contributed by atoms with Gasteiger partial charge in [0.1, 0.15) is 11.9 Å². The molecule has 0 heterocycles. The van der Waals surface area contributed by atoms with Crippen molar-refractivity contribution in [2.45, 2.75) is 171 Å². The lowest BCUT2D eigenvalue weighted by Crippen LogP contribution is -2.34. The van der Waals surface area contributed by atoms with Crippen LogP contribution in [0.4, 0.5) is 0 Å². The Kier molecular flexibility index (Phi) is 31.6. The van der Waals surface area contributed by atoms with Crippen LogP contribution in [0.15, 0.2) is 0 Å². The molecule has 0 aliphatic carbocycles. The maximum absolute atomic E-state index is 11.6. The number of hydrogen-bond donors (Lipinski definition) is 2. The summed E-state index contributed by atoms with van der Waals surface area (Å²) in [5.41, 5.74) is 5.56. The molecule has 0 saturated carbocycles. The van der Waals surface area contributed by atoms with Crippen molar-refractivity contribution in [3.8, 4) is 0 Å². The van der Waals surface area contributed by atoms with Crippen molar-refractivity contribution in [2.24, 2.45) is 16.6 Å². The minimum absolute atomic E-state index is 0.0590. The Morgan fingerprint density at radius 3 is 1.44 bits per heavy atom. The molecule has 41 heavy (non-hydrogen) atoms. The first-order chi connectivity index (χ1) is 19.3. The van der Waals surface area contributed by atoms with E-state index in [4.69, 9.17) is 15.2 Å². The van der Waals surface area contributed by atoms with Gasteiger partial charge in [-0.25, -0.2) is 0 Å². The van der Waals surface area contributed by atoms with Gasteiger partial charge in [-0.2, -0.15) is 0 Å². The normalized spacial score (nSPS) is 11.7. The lowest BCUT2D eigenvalue weighted by molar-refractivity contribution is -0.154. The van der Waals surface area contributed by atoms with E-state index in [2.05, 4.69) is 33.0 Å². The molecule has 0 bridgehead atoms. The maximum Gasteiger partial charge on any atom is 0.306 e. The monoisotopic (exact) mass is 587 g/mol. The first-order valence-corrected chi connectivity index (χ1v) is 16.9. The summed E-state index contributed by atoms with van der Waals surface area (Å²) >= 11 is 0. The molecule has 0 aliphatic heterocycles. The van der Waals surface area contributed by atoms with Crippen LogP contribution < -0.4 is 11.1 Å². The quantitative estimate of drug-likeness (QED) is 0.0666. The summed E-state index contributed by atoms with van der Waals surface area (Å²) in [5.74, 6) is -0.0590. The second kappa shape index (κ2) is 29.1. The van der Waals surface area contributed by atoms with Crippen LogP contribution in [-0.2, 0) is 19.1 Å². The predicted molar refractivity (Wildman–Crippen MR) is 178 cm³/mol. The molecule has 0 aliphatic rings. The molecular weight excluding hydrogens is 512 g/mol. The van der Waals surface area contributed by atoms with Crippen LogP contribution in [0.25, 0.3) is 0 Å². The Bertz CT molecular complexity index is 571. The predicted octanol–water partition coefficient (Wildman–Crippen LogP) is 9.03. The van der Waals surface area contributed by atoms with E-state index in [0.29, 0.717) is 13.0 Å². The van der Waals surface area contributed by atoms with Crippen LogP contribution in [0.3, 0.4) is 0 Å². The van der Waals surface area contributed by atoms with Crippen molar-refractivity contribution in [3.05, 3.63) is 0 Å². The van der Waals surface area contributed by atoms with Crippen molar-refractivity contribution in [3.63, 3.8) is 0 Å². The van der Waals surface area contributed by atoms with Gasteiger partial charge in [0.2, 0.25) is 0 Å². The Morgan fingerprint density at radius 2 is 1.07 bits per heavy atom. The van der Waals surface area contributed by atoms with Gasteiger partial charge in [0.25, 0.3) is 0 Å². The summed E-state index contributed by atoms with van der Waals surface area (Å²) in [4.78, 5) is 21.8. The molecule has 0 fully saturated rings. The zero-order chi connectivity index (χ0) is 32.0. The molecular formula is C35H74N2O4. The van der Waals surface area contributed by atoms with Crippen molar-refractivity contribution in [1.82, 2.24) is 5.32 Å². The van der Waals surface area contributed by atoms with Crippen molar-refractivity contribution < 1.29 is 19.1 Å². The third kappa shape index (κ3) is 39.0. The minimum atomic E-state index is -0.354. The molecule has 3 N–H and O–H groups in total. The number of aldehydes is 1. The average molecular weight is 587 g/mol. The van der Waals surface area contributed by atoms with Crippen LogP contribution in [0.1, 0.15) is 165 Å². The summed E-state index contributed by atoms with van der Waals surface area (Å²) in [6.07, 6.45) is 20.0. The van der Waals surface area contributed by atoms with E-state index in [0.717, 1.165) is 51.7 Å². The number of carbonyl (C=O) groups is 2. The second-order valence-corrected chi connectivity index (χ2v) is 13.8. The molecule has 6 nitrogen and oxygen atoms in total. The molecule has 248 valence electrons. The summed E-state index contributed by atoms with van der Waals surface area (Å²) in [6.45, 7) is 21.5. The van der Waals surface area contributed by atoms with E-state index in [1.54, 1.807) is 0 Å². The molecule has 0 aromatic heterocycles. The van der Waals surface area contributed by atoms with Gasteiger partial charge in [0.15, 0.2) is 0 Å². The fraction of sp³-hybridized carbons (Fsp3) is 0.943. The maximum atomic E-state index is 11.6. The summed E-state index contributed by atoms with van der Waals surface area (Å²) in [5, 5.41) is 3.16. The lowest BCUT2D eigenvalue weighted by Gasteiger charge is -2.28. The second-order valence-electron chi connectivity index (χ2n) is 13.8. The van der Waals surface area contributed by atoms with Gasteiger partial charge >= 0.3 is 5.97 Å². The van der Waals surface area contributed by atoms with Gasteiger partial charge in [0, 0.05) is 30.2 Å². The van der Waals surface area contributed by atoms with E-state index >= 15 is 0 Å². The van der Waals surface area contributed by atoms with Crippen LogP contribution in [0, 0.1) is 10.8 Å². The van der Waals surface area contributed by atoms with E-state index in [9.17, 15) is 9.59 Å². The molecule has 6 heteroatoms. The molecule has 0 aromatic rings. The molecule has 0 spiro atoms. The summed E-state index contributed by atoms with van der Waals surface area (Å²) in [7, 11) is 1.96. The first-order valence-electron chi connectivity index (χ1n) is 16.9. The summed E-state index contributed by atoms with van der Waals surface area (Å²) in [6, 6.07) is 0. The zero-order valence-corrected chi connectivity index (χ0v) is 29.4. The fourth-order valence-corrected chi connectivity index (χ4v) is 4.20. The van der Waals surface area contributed by atoms with Gasteiger partial charge in [-0.15, -0.1) is 0 Å². The van der Waals surface area contributed by atoms with Gasteiger partial charge in [-0.3, -0.25) is 4.79 Å². The fourth-order valence-electron chi connectivity index (χ4n) is 4.20. The highest BCUT2D eigenvalue weighted by Crippen LogP contribution is 2.18. The van der Waals surface area contributed by atoms with Crippen molar-refractivity contribution in [1.29, 1.82) is 0 Å². The van der Waals surface area contributed by atoms with Crippen LogP contribution in [-0.4, -0.2) is 51.2 Å². The third-order valence-electron chi connectivity index (χ3n) is 6.57. The molecule has 0 radical (unpaired) electrons. The van der Waals surface area contributed by atoms with Crippen molar-refractivity contribution >= 4 is 12.3 Å². The molecule has 0 amide bonds. The molecule has 0 saturated heterocycles. The molecule has 0 atom stereocenters. The minimum Gasteiger partial charge on any atom is -0.460 e. The number of unbranched alkanes of at least 4 members (excludes halogenated alkanes) is 14. The smallest absolute Gasteiger partial charge is 0.306 e. The summed E-state index contributed by atoms with van der Waals surface area (Å²) < 4.78 is 11.0. The largest absolute Gasteiger partial charge is 0.460 e. The van der Waals surface area contributed by atoms with Gasteiger partial charge in [0.05, 0.1) is 13.2 Å². The number of nitrogens with two attached hydrogens (primary N) is 1. The van der Waals surface area contributed by atoms with Crippen LogP contribution in [0.5, 0.6) is 0 Å². The van der Waals surface area contributed by atoms with E-state index < -0.39 is 0 Å². The van der Waals surface area contributed by atoms with Crippen LogP contribution in [0.2, 0.25) is 0 Å². The zero-order valence-electron chi connectivity index (χ0n) is 29.4. The molecule has 0 aromatic carbocycles. The number of hydrogen-bond acceptors (Lipinski definition) is 6. The number of ether oxygens (including phenoxy) is 2. The Morgan fingerprint density at radius 1 is 0.683 bits per heavy atom.